The van der Waals surface area contributed by atoms with Crippen LogP contribution in [-0.2, 0) is 14.4 Å². The van der Waals surface area contributed by atoms with Crippen LogP contribution in [0.15, 0.2) is 48.5 Å². The Morgan fingerprint density at radius 2 is 1.68 bits per heavy atom. The molecule has 0 radical (unpaired) electrons. The van der Waals surface area contributed by atoms with E-state index in [9.17, 15) is 19.2 Å². The number of rotatable bonds is 8. The highest BCUT2D eigenvalue weighted by Crippen LogP contribution is 2.28. The third-order valence-corrected chi connectivity index (χ3v) is 5.91. The fraction of sp³-hybridized carbons (Fsp3) is 0.360. The molecule has 0 saturated carbocycles. The molecule has 2 aromatic carbocycles. The molecule has 1 aliphatic rings. The van der Waals surface area contributed by atoms with Crippen molar-refractivity contribution in [1.82, 2.24) is 10.4 Å². The van der Waals surface area contributed by atoms with Crippen molar-refractivity contribution in [3.8, 4) is 11.5 Å². The first-order valence-corrected chi connectivity index (χ1v) is 11.1. The number of benzene rings is 2. The number of carbonyl (C=O) groups is 4. The number of methoxy groups -OCH3 is 2. The van der Waals surface area contributed by atoms with E-state index >= 15 is 0 Å². The van der Waals surface area contributed by atoms with Gasteiger partial charge in [-0.2, -0.15) is 0 Å². The lowest BCUT2D eigenvalue weighted by atomic mass is 10.0. The minimum Gasteiger partial charge on any atom is -0.497 e. The maximum absolute atomic E-state index is 13.4. The van der Waals surface area contributed by atoms with Crippen LogP contribution in [0.4, 0.5) is 5.69 Å². The van der Waals surface area contributed by atoms with Crippen molar-refractivity contribution >= 4 is 29.3 Å². The Morgan fingerprint density at radius 1 is 1.03 bits per heavy atom. The molecule has 3 rings (SSSR count). The van der Waals surface area contributed by atoms with Crippen LogP contribution in [0.1, 0.15) is 43.5 Å². The monoisotopic (exact) mass is 467 g/mol. The molecule has 1 heterocycles. The second kappa shape index (κ2) is 10.8. The lowest BCUT2D eigenvalue weighted by Crippen LogP contribution is -2.56. The zero-order valence-electron chi connectivity index (χ0n) is 19.7. The number of ether oxygens (including phenoxy) is 2. The number of anilines is 1. The molecule has 0 spiro atoms. The van der Waals surface area contributed by atoms with E-state index in [1.807, 2.05) is 13.8 Å². The summed E-state index contributed by atoms with van der Waals surface area (Å²) in [6.07, 6.45) is 0.795. The predicted molar refractivity (Wildman–Crippen MR) is 125 cm³/mol. The highest BCUT2D eigenvalue weighted by atomic mass is 16.5. The molecule has 2 aromatic rings. The van der Waals surface area contributed by atoms with Crippen molar-refractivity contribution in [1.29, 1.82) is 0 Å². The van der Waals surface area contributed by atoms with Crippen LogP contribution in [0.2, 0.25) is 0 Å². The standard InChI is InChI=1S/C25H29N3O6/c1-5-16(6-2)24(31)28(26-23(30)19-9-7-8-10-21(19)34-4)20-15-22(29)27(25(20)32)17-11-13-18(33-3)14-12-17/h7-14,16,20H,5-6,15H2,1-4H3,(H,26,30). The predicted octanol–water partition coefficient (Wildman–Crippen LogP) is 2.95. The van der Waals surface area contributed by atoms with Gasteiger partial charge in [0.1, 0.15) is 17.5 Å². The van der Waals surface area contributed by atoms with Gasteiger partial charge in [-0.25, -0.2) is 9.91 Å². The van der Waals surface area contributed by atoms with Gasteiger partial charge in [-0.15, -0.1) is 0 Å². The van der Waals surface area contributed by atoms with Gasteiger partial charge in [-0.3, -0.25) is 24.6 Å². The average Bonchev–Trinajstić information content (AvgIpc) is 3.16. The van der Waals surface area contributed by atoms with E-state index in [1.165, 1.54) is 14.2 Å². The van der Waals surface area contributed by atoms with Gasteiger partial charge in [-0.05, 0) is 49.2 Å². The minimum absolute atomic E-state index is 0.205. The summed E-state index contributed by atoms with van der Waals surface area (Å²) in [6.45, 7) is 3.72. The molecule has 1 aliphatic heterocycles. The third-order valence-electron chi connectivity index (χ3n) is 5.91. The second-order valence-electron chi connectivity index (χ2n) is 7.85. The van der Waals surface area contributed by atoms with Gasteiger partial charge in [0.05, 0.1) is 31.9 Å². The summed E-state index contributed by atoms with van der Waals surface area (Å²) in [4.78, 5) is 53.7. The highest BCUT2D eigenvalue weighted by molar-refractivity contribution is 6.23. The Hall–Kier alpha value is -3.88. The molecule has 9 nitrogen and oxygen atoms in total. The Bertz CT molecular complexity index is 1060. The van der Waals surface area contributed by atoms with Crippen LogP contribution >= 0.6 is 0 Å². The van der Waals surface area contributed by atoms with Gasteiger partial charge in [0.15, 0.2) is 0 Å². The highest BCUT2D eigenvalue weighted by Gasteiger charge is 2.46. The smallest absolute Gasteiger partial charge is 0.273 e. The normalized spacial score (nSPS) is 15.4. The molecule has 1 unspecified atom stereocenters. The van der Waals surface area contributed by atoms with Gasteiger partial charge in [0, 0.05) is 5.92 Å². The fourth-order valence-corrected chi connectivity index (χ4v) is 3.94. The molecule has 1 atom stereocenters. The van der Waals surface area contributed by atoms with Gasteiger partial charge >= 0.3 is 0 Å². The number of carbonyl (C=O) groups excluding carboxylic acids is 4. The lowest BCUT2D eigenvalue weighted by molar-refractivity contribution is -0.145. The van der Waals surface area contributed by atoms with Crippen LogP contribution in [0.3, 0.4) is 0 Å². The number of nitrogens with one attached hydrogen (secondary N) is 1. The summed E-state index contributed by atoms with van der Waals surface area (Å²) in [5.41, 5.74) is 3.16. The Morgan fingerprint density at radius 3 is 2.26 bits per heavy atom. The molecule has 0 aliphatic carbocycles. The van der Waals surface area contributed by atoms with Crippen LogP contribution in [0, 0.1) is 5.92 Å². The summed E-state index contributed by atoms with van der Waals surface area (Å²) in [7, 11) is 2.95. The van der Waals surface area contributed by atoms with E-state index in [1.54, 1.807) is 48.5 Å². The van der Waals surface area contributed by atoms with Crippen LogP contribution in [0.25, 0.3) is 0 Å². The molecule has 1 saturated heterocycles. The Balaban J connectivity index is 1.94. The van der Waals surface area contributed by atoms with E-state index < -0.39 is 35.6 Å². The Labute approximate surface area is 198 Å². The minimum atomic E-state index is -1.17. The van der Waals surface area contributed by atoms with Gasteiger partial charge < -0.3 is 9.47 Å². The van der Waals surface area contributed by atoms with Gasteiger partial charge in [0.2, 0.25) is 11.8 Å². The van der Waals surface area contributed by atoms with E-state index in [4.69, 9.17) is 9.47 Å². The molecule has 180 valence electrons. The van der Waals surface area contributed by atoms with E-state index in [0.29, 0.717) is 30.0 Å². The molecule has 0 aromatic heterocycles. The summed E-state index contributed by atoms with van der Waals surface area (Å²) in [6, 6.07) is 11.9. The zero-order chi connectivity index (χ0) is 24.8. The number of nitrogens with zero attached hydrogens (tertiary/aromatic N) is 2. The van der Waals surface area contributed by atoms with Crippen molar-refractivity contribution in [2.75, 3.05) is 19.1 Å². The maximum atomic E-state index is 13.4. The first kappa shape index (κ1) is 24.8. The molecule has 1 N–H and O–H groups in total. The molecule has 9 heteroatoms. The van der Waals surface area contributed by atoms with E-state index in [0.717, 1.165) is 9.91 Å². The number of para-hydroxylation sites is 1. The van der Waals surface area contributed by atoms with Crippen molar-refractivity contribution < 1.29 is 28.7 Å². The zero-order valence-corrected chi connectivity index (χ0v) is 19.7. The summed E-state index contributed by atoms with van der Waals surface area (Å²) in [5, 5.41) is 1.02. The lowest BCUT2D eigenvalue weighted by Gasteiger charge is -2.30. The molecule has 34 heavy (non-hydrogen) atoms. The molecule has 1 fully saturated rings. The van der Waals surface area contributed by atoms with Crippen molar-refractivity contribution in [3.05, 3.63) is 54.1 Å². The van der Waals surface area contributed by atoms with Gasteiger partial charge in [0.25, 0.3) is 11.8 Å². The molecule has 4 amide bonds. The van der Waals surface area contributed by atoms with Crippen LogP contribution in [0.5, 0.6) is 11.5 Å². The SMILES string of the molecule is CCC(CC)C(=O)N(NC(=O)c1ccccc1OC)C1CC(=O)N(c2ccc(OC)cc2)C1=O. The van der Waals surface area contributed by atoms with Crippen molar-refractivity contribution in [2.45, 2.75) is 39.2 Å². The number of hydrogen-bond acceptors (Lipinski definition) is 6. The van der Waals surface area contributed by atoms with Crippen LogP contribution < -0.4 is 19.8 Å². The first-order valence-electron chi connectivity index (χ1n) is 11.1. The summed E-state index contributed by atoms with van der Waals surface area (Å²) in [5.74, 6) is -1.60. The number of hydrazine groups is 1. The van der Waals surface area contributed by atoms with Crippen molar-refractivity contribution in [2.24, 2.45) is 5.92 Å². The van der Waals surface area contributed by atoms with E-state index in [-0.39, 0.29) is 12.0 Å². The average molecular weight is 468 g/mol. The molecular weight excluding hydrogens is 438 g/mol. The largest absolute Gasteiger partial charge is 0.497 e. The Kier molecular flexibility index (Phi) is 7.88. The fourth-order valence-electron chi connectivity index (χ4n) is 3.94. The first-order chi connectivity index (χ1) is 16.4. The molecule has 0 bridgehead atoms. The van der Waals surface area contributed by atoms with E-state index in [2.05, 4.69) is 5.43 Å². The van der Waals surface area contributed by atoms with Gasteiger partial charge in [-0.1, -0.05) is 26.0 Å². The quantitative estimate of drug-likeness (QED) is 0.473. The maximum Gasteiger partial charge on any atom is 0.273 e. The summed E-state index contributed by atoms with van der Waals surface area (Å²) < 4.78 is 10.4. The third kappa shape index (κ3) is 4.88. The molecular formula is C25H29N3O6. The number of imide groups is 1. The summed E-state index contributed by atoms with van der Waals surface area (Å²) >= 11 is 0. The number of hydrogen-bond donors (Lipinski definition) is 1. The number of amides is 4. The van der Waals surface area contributed by atoms with Crippen molar-refractivity contribution in [3.63, 3.8) is 0 Å². The topological polar surface area (TPSA) is 105 Å². The van der Waals surface area contributed by atoms with Crippen LogP contribution in [-0.4, -0.2) is 48.9 Å². The second-order valence-corrected chi connectivity index (χ2v) is 7.85.